The van der Waals surface area contributed by atoms with Crippen LogP contribution in [0.15, 0.2) is 17.3 Å². The molecular formula is C11H15IN2O2S. The summed E-state index contributed by atoms with van der Waals surface area (Å²) in [7, 11) is 0. The SMILES string of the molecule is CSc1cc(I)c(NC(=O)OC(C)(C)C)cn1. The van der Waals surface area contributed by atoms with Gasteiger partial charge >= 0.3 is 6.09 Å². The summed E-state index contributed by atoms with van der Waals surface area (Å²) in [4.78, 5) is 15.8. The minimum atomic E-state index is -0.498. The van der Waals surface area contributed by atoms with Crippen molar-refractivity contribution in [3.05, 3.63) is 15.8 Å². The number of rotatable bonds is 2. The summed E-state index contributed by atoms with van der Waals surface area (Å²) in [5.41, 5.74) is 0.167. The van der Waals surface area contributed by atoms with Crippen molar-refractivity contribution in [3.8, 4) is 0 Å². The maximum Gasteiger partial charge on any atom is 0.412 e. The van der Waals surface area contributed by atoms with Gasteiger partial charge in [-0.25, -0.2) is 9.78 Å². The highest BCUT2D eigenvalue weighted by Gasteiger charge is 2.17. The highest BCUT2D eigenvalue weighted by molar-refractivity contribution is 14.1. The minimum absolute atomic E-state index is 0.464. The van der Waals surface area contributed by atoms with E-state index in [0.29, 0.717) is 5.69 Å². The van der Waals surface area contributed by atoms with Crippen LogP contribution in [-0.2, 0) is 4.74 Å². The number of amides is 1. The number of nitrogens with one attached hydrogen (secondary N) is 1. The Labute approximate surface area is 119 Å². The van der Waals surface area contributed by atoms with Gasteiger partial charge in [0, 0.05) is 3.57 Å². The second kappa shape index (κ2) is 5.90. The number of halogens is 1. The highest BCUT2D eigenvalue weighted by atomic mass is 127. The highest BCUT2D eigenvalue weighted by Crippen LogP contribution is 2.22. The summed E-state index contributed by atoms with van der Waals surface area (Å²) in [5, 5.41) is 3.60. The molecule has 0 aromatic carbocycles. The lowest BCUT2D eigenvalue weighted by Gasteiger charge is -2.19. The van der Waals surface area contributed by atoms with Crippen molar-refractivity contribution in [1.82, 2.24) is 4.98 Å². The first-order valence-corrected chi connectivity index (χ1v) is 7.32. The molecule has 6 heteroatoms. The van der Waals surface area contributed by atoms with Crippen molar-refractivity contribution >= 4 is 46.1 Å². The van der Waals surface area contributed by atoms with E-state index < -0.39 is 11.7 Å². The average molecular weight is 366 g/mol. The third kappa shape index (κ3) is 5.12. The van der Waals surface area contributed by atoms with Gasteiger partial charge in [-0.3, -0.25) is 5.32 Å². The van der Waals surface area contributed by atoms with E-state index in [1.165, 1.54) is 0 Å². The molecule has 1 heterocycles. The van der Waals surface area contributed by atoms with Crippen LogP contribution in [0.1, 0.15) is 20.8 Å². The van der Waals surface area contributed by atoms with Crippen LogP contribution in [0.2, 0.25) is 0 Å². The fraction of sp³-hybridized carbons (Fsp3) is 0.455. The zero-order chi connectivity index (χ0) is 13.1. The van der Waals surface area contributed by atoms with Crippen molar-refractivity contribution in [1.29, 1.82) is 0 Å². The molecule has 17 heavy (non-hydrogen) atoms. The molecule has 0 unspecified atom stereocenters. The number of aromatic nitrogens is 1. The van der Waals surface area contributed by atoms with Crippen LogP contribution in [0.4, 0.5) is 10.5 Å². The summed E-state index contributed by atoms with van der Waals surface area (Å²) < 4.78 is 6.10. The Hall–Kier alpha value is -0.500. The Morgan fingerprint density at radius 1 is 1.53 bits per heavy atom. The monoisotopic (exact) mass is 366 g/mol. The van der Waals surface area contributed by atoms with Crippen LogP contribution in [0, 0.1) is 3.57 Å². The van der Waals surface area contributed by atoms with Gasteiger partial charge in [0.15, 0.2) is 0 Å². The van der Waals surface area contributed by atoms with E-state index >= 15 is 0 Å². The molecule has 4 nitrogen and oxygen atoms in total. The molecule has 1 amide bonds. The molecule has 0 spiro atoms. The number of pyridine rings is 1. The lowest BCUT2D eigenvalue weighted by Crippen LogP contribution is -2.27. The van der Waals surface area contributed by atoms with Crippen LogP contribution in [0.5, 0.6) is 0 Å². The van der Waals surface area contributed by atoms with Crippen LogP contribution < -0.4 is 5.32 Å². The summed E-state index contributed by atoms with van der Waals surface area (Å²) >= 11 is 3.72. The van der Waals surface area contributed by atoms with Gasteiger partial charge in [0.2, 0.25) is 0 Å². The molecule has 1 aromatic heterocycles. The first kappa shape index (κ1) is 14.6. The number of carbonyl (C=O) groups excluding carboxylic acids is 1. The van der Waals surface area contributed by atoms with Gasteiger partial charge < -0.3 is 4.74 Å². The van der Waals surface area contributed by atoms with Gasteiger partial charge in [-0.05, 0) is 55.7 Å². The quantitative estimate of drug-likeness (QED) is 0.640. The van der Waals surface area contributed by atoms with Gasteiger partial charge in [-0.15, -0.1) is 11.8 Å². The summed E-state index contributed by atoms with van der Waals surface area (Å²) in [6, 6.07) is 1.91. The minimum Gasteiger partial charge on any atom is -0.444 e. The standard InChI is InChI=1S/C11H15IN2O2S/c1-11(2,3)16-10(15)14-8-6-13-9(17-4)5-7(8)12/h5-6H,1-4H3,(H,14,15). The van der Waals surface area contributed by atoms with Gasteiger partial charge in [0.1, 0.15) is 5.60 Å². The van der Waals surface area contributed by atoms with Crippen LogP contribution in [0.3, 0.4) is 0 Å². The first-order valence-electron chi connectivity index (χ1n) is 5.01. The number of hydrogen-bond donors (Lipinski definition) is 1. The number of hydrogen-bond acceptors (Lipinski definition) is 4. The molecule has 0 radical (unpaired) electrons. The number of anilines is 1. The second-order valence-corrected chi connectivity index (χ2v) is 6.32. The predicted octanol–water partition coefficient (Wildman–Crippen LogP) is 3.76. The smallest absolute Gasteiger partial charge is 0.412 e. The summed E-state index contributed by atoms with van der Waals surface area (Å²) in [6.45, 7) is 5.48. The maximum absolute atomic E-state index is 11.6. The van der Waals surface area contributed by atoms with Crippen molar-refractivity contribution in [3.63, 3.8) is 0 Å². The van der Waals surface area contributed by atoms with E-state index in [4.69, 9.17) is 4.74 Å². The number of nitrogens with zero attached hydrogens (tertiary/aromatic N) is 1. The predicted molar refractivity (Wildman–Crippen MR) is 78.6 cm³/mol. The molecule has 0 aliphatic carbocycles. The number of thioether (sulfide) groups is 1. The van der Waals surface area contributed by atoms with Crippen LogP contribution in [-0.4, -0.2) is 22.9 Å². The van der Waals surface area contributed by atoms with Gasteiger partial charge in [0.05, 0.1) is 16.9 Å². The Morgan fingerprint density at radius 2 is 2.18 bits per heavy atom. The molecule has 0 aliphatic rings. The van der Waals surface area contributed by atoms with Crippen LogP contribution >= 0.6 is 34.4 Å². The molecule has 0 aliphatic heterocycles. The Kier molecular flexibility index (Phi) is 5.05. The zero-order valence-corrected chi connectivity index (χ0v) is 13.2. The molecular weight excluding hydrogens is 351 g/mol. The van der Waals surface area contributed by atoms with E-state index in [-0.39, 0.29) is 0 Å². The Bertz CT molecular complexity index is 418. The van der Waals surface area contributed by atoms with Crippen molar-refractivity contribution < 1.29 is 9.53 Å². The number of ether oxygens (including phenoxy) is 1. The molecule has 94 valence electrons. The molecule has 0 fully saturated rings. The van der Waals surface area contributed by atoms with Gasteiger partial charge in [0.25, 0.3) is 0 Å². The summed E-state index contributed by atoms with van der Waals surface area (Å²) in [6.07, 6.45) is 3.13. The topological polar surface area (TPSA) is 51.2 Å². The van der Waals surface area contributed by atoms with E-state index in [9.17, 15) is 4.79 Å². The lowest BCUT2D eigenvalue weighted by atomic mass is 10.2. The normalized spacial score (nSPS) is 11.1. The van der Waals surface area contributed by atoms with E-state index in [1.54, 1.807) is 18.0 Å². The molecule has 1 N–H and O–H groups in total. The number of carbonyl (C=O) groups is 1. The zero-order valence-electron chi connectivity index (χ0n) is 10.2. The lowest BCUT2D eigenvalue weighted by molar-refractivity contribution is 0.0636. The molecule has 1 rings (SSSR count). The van der Waals surface area contributed by atoms with Crippen molar-refractivity contribution in [2.75, 3.05) is 11.6 Å². The third-order valence-electron chi connectivity index (χ3n) is 1.67. The van der Waals surface area contributed by atoms with Gasteiger partial charge in [-0.2, -0.15) is 0 Å². The Morgan fingerprint density at radius 3 is 2.65 bits per heavy atom. The Balaban J connectivity index is 2.72. The molecule has 0 saturated heterocycles. The molecule has 1 aromatic rings. The van der Waals surface area contributed by atoms with Crippen molar-refractivity contribution in [2.45, 2.75) is 31.4 Å². The third-order valence-corrected chi connectivity index (χ3v) is 3.21. The van der Waals surface area contributed by atoms with Crippen molar-refractivity contribution in [2.24, 2.45) is 0 Å². The largest absolute Gasteiger partial charge is 0.444 e. The van der Waals surface area contributed by atoms with Gasteiger partial charge in [-0.1, -0.05) is 0 Å². The average Bonchev–Trinajstić information content (AvgIpc) is 2.18. The second-order valence-electron chi connectivity index (χ2n) is 4.33. The first-order chi connectivity index (χ1) is 7.81. The van der Waals surface area contributed by atoms with E-state index in [0.717, 1.165) is 8.60 Å². The molecule has 0 saturated carbocycles. The van der Waals surface area contributed by atoms with Crippen LogP contribution in [0.25, 0.3) is 0 Å². The fourth-order valence-corrected chi connectivity index (χ4v) is 2.20. The summed E-state index contributed by atoms with van der Waals surface area (Å²) in [5.74, 6) is 0. The molecule has 0 bridgehead atoms. The molecule has 0 atom stereocenters. The maximum atomic E-state index is 11.6. The van der Waals surface area contributed by atoms with E-state index in [2.05, 4.69) is 32.9 Å². The fourth-order valence-electron chi connectivity index (χ4n) is 1.03. The van der Waals surface area contributed by atoms with E-state index in [1.807, 2.05) is 33.1 Å².